The van der Waals surface area contributed by atoms with Gasteiger partial charge < -0.3 is 5.11 Å². The largest absolute Gasteiger partial charge is 0.465 e. The molecule has 1 unspecified atom stereocenters. The van der Waals surface area contributed by atoms with E-state index in [2.05, 4.69) is 15.9 Å². The molecule has 0 radical (unpaired) electrons. The SMILES string of the molecule is O=C(O)N1c2cc(F)c(Br)cc2CC1c1ccc([N+](=O)[O-])cc1. The van der Waals surface area contributed by atoms with E-state index in [1.54, 1.807) is 6.07 Å². The van der Waals surface area contributed by atoms with Crippen molar-refractivity contribution < 1.29 is 19.2 Å². The summed E-state index contributed by atoms with van der Waals surface area (Å²) in [5, 5.41) is 20.2. The molecule has 0 aliphatic carbocycles. The fourth-order valence-electron chi connectivity index (χ4n) is 2.75. The van der Waals surface area contributed by atoms with Crippen LogP contribution in [0.1, 0.15) is 17.2 Å². The number of non-ortho nitro benzene ring substituents is 1. The summed E-state index contributed by atoms with van der Waals surface area (Å²) in [6.45, 7) is 0. The van der Waals surface area contributed by atoms with E-state index in [4.69, 9.17) is 0 Å². The number of carbonyl (C=O) groups is 1. The van der Waals surface area contributed by atoms with Gasteiger partial charge in [0.25, 0.3) is 5.69 Å². The first-order valence-corrected chi connectivity index (χ1v) is 7.42. The van der Waals surface area contributed by atoms with E-state index in [1.807, 2.05) is 0 Å². The molecule has 0 saturated carbocycles. The van der Waals surface area contributed by atoms with E-state index in [1.165, 1.54) is 30.3 Å². The van der Waals surface area contributed by atoms with Crippen LogP contribution in [0, 0.1) is 15.9 Å². The summed E-state index contributed by atoms with van der Waals surface area (Å²) < 4.78 is 14.0. The standard InChI is InChI=1S/C15H10BrFN2O4/c16-11-5-9-6-13(8-1-3-10(4-2-8)19(22)23)18(15(20)21)14(9)7-12(11)17/h1-5,7,13H,6H2,(H,20,21). The van der Waals surface area contributed by atoms with Crippen LogP contribution < -0.4 is 4.90 Å². The number of benzene rings is 2. The number of carboxylic acid groups (broad SMARTS) is 1. The molecule has 8 heteroatoms. The summed E-state index contributed by atoms with van der Waals surface area (Å²) in [6.07, 6.45) is -0.827. The zero-order valence-electron chi connectivity index (χ0n) is 11.6. The lowest BCUT2D eigenvalue weighted by molar-refractivity contribution is -0.384. The Hall–Kier alpha value is -2.48. The zero-order chi connectivity index (χ0) is 16.7. The van der Waals surface area contributed by atoms with E-state index in [9.17, 15) is 24.4 Å². The Morgan fingerprint density at radius 1 is 1.35 bits per heavy atom. The van der Waals surface area contributed by atoms with Crippen LogP contribution in [0.4, 0.5) is 20.6 Å². The van der Waals surface area contributed by atoms with Gasteiger partial charge in [-0.3, -0.25) is 15.0 Å². The average Bonchev–Trinajstić information content (AvgIpc) is 2.86. The highest BCUT2D eigenvalue weighted by Gasteiger charge is 2.35. The number of nitrogens with zero attached hydrogens (tertiary/aromatic N) is 2. The summed E-state index contributed by atoms with van der Waals surface area (Å²) in [7, 11) is 0. The molecule has 23 heavy (non-hydrogen) atoms. The number of nitro benzene ring substituents is 1. The maximum atomic E-state index is 13.7. The first kappa shape index (κ1) is 15.4. The third-order valence-electron chi connectivity index (χ3n) is 3.80. The number of rotatable bonds is 2. The summed E-state index contributed by atoms with van der Waals surface area (Å²) in [5.41, 5.74) is 1.54. The normalized spacial score (nSPS) is 16.3. The average molecular weight is 381 g/mol. The van der Waals surface area contributed by atoms with Gasteiger partial charge in [0.1, 0.15) is 5.82 Å². The second-order valence-corrected chi connectivity index (χ2v) is 5.97. The summed E-state index contributed by atoms with van der Waals surface area (Å²) in [5.74, 6) is -0.542. The van der Waals surface area contributed by atoms with Crippen molar-refractivity contribution in [1.29, 1.82) is 0 Å². The summed E-state index contributed by atoms with van der Waals surface area (Å²) in [4.78, 5) is 22.9. The third-order valence-corrected chi connectivity index (χ3v) is 4.41. The van der Waals surface area contributed by atoms with Gasteiger partial charge in [0.15, 0.2) is 0 Å². The van der Waals surface area contributed by atoms with Crippen molar-refractivity contribution in [2.45, 2.75) is 12.5 Å². The lowest BCUT2D eigenvalue weighted by Gasteiger charge is -2.22. The molecule has 6 nitrogen and oxygen atoms in total. The van der Waals surface area contributed by atoms with Gasteiger partial charge in [0.05, 0.1) is 21.1 Å². The van der Waals surface area contributed by atoms with Crippen LogP contribution >= 0.6 is 15.9 Å². The van der Waals surface area contributed by atoms with Crippen molar-refractivity contribution in [2.24, 2.45) is 0 Å². The van der Waals surface area contributed by atoms with Gasteiger partial charge in [-0.05, 0) is 45.6 Å². The molecule has 2 aromatic carbocycles. The minimum atomic E-state index is -1.20. The number of halogens is 2. The molecule has 2 aromatic rings. The third kappa shape index (κ3) is 2.65. The number of amides is 1. The van der Waals surface area contributed by atoms with E-state index >= 15 is 0 Å². The smallest absolute Gasteiger partial charge is 0.412 e. The van der Waals surface area contributed by atoms with E-state index in [0.717, 1.165) is 4.90 Å². The molecule has 1 atom stereocenters. The van der Waals surface area contributed by atoms with E-state index in [-0.39, 0.29) is 10.2 Å². The predicted octanol–water partition coefficient (Wildman–Crippen LogP) is 4.28. The number of hydrogen-bond donors (Lipinski definition) is 1. The summed E-state index contributed by atoms with van der Waals surface area (Å²) >= 11 is 3.09. The minimum Gasteiger partial charge on any atom is -0.465 e. The Balaban J connectivity index is 2.03. The molecule has 0 saturated heterocycles. The molecule has 1 heterocycles. The Kier molecular flexibility index (Phi) is 3.77. The van der Waals surface area contributed by atoms with Crippen molar-refractivity contribution in [3.8, 4) is 0 Å². The molecule has 0 spiro atoms. The zero-order valence-corrected chi connectivity index (χ0v) is 13.2. The molecule has 3 rings (SSSR count). The van der Waals surface area contributed by atoms with Crippen molar-refractivity contribution in [2.75, 3.05) is 4.90 Å². The molecule has 1 amide bonds. The Morgan fingerprint density at radius 3 is 2.57 bits per heavy atom. The number of hydrogen-bond acceptors (Lipinski definition) is 3. The van der Waals surface area contributed by atoms with Crippen molar-refractivity contribution in [3.05, 3.63) is 67.9 Å². The number of anilines is 1. The van der Waals surface area contributed by atoms with Gasteiger partial charge in [0, 0.05) is 12.1 Å². The van der Waals surface area contributed by atoms with Gasteiger partial charge >= 0.3 is 6.09 Å². The van der Waals surface area contributed by atoms with Crippen LogP contribution in [0.5, 0.6) is 0 Å². The highest BCUT2D eigenvalue weighted by molar-refractivity contribution is 9.10. The fraction of sp³-hybridized carbons (Fsp3) is 0.133. The molecule has 0 aromatic heterocycles. The van der Waals surface area contributed by atoms with Crippen molar-refractivity contribution in [1.82, 2.24) is 0 Å². The van der Waals surface area contributed by atoms with Crippen LogP contribution in [0.25, 0.3) is 0 Å². The van der Waals surface area contributed by atoms with Gasteiger partial charge in [-0.15, -0.1) is 0 Å². The predicted molar refractivity (Wildman–Crippen MR) is 84.1 cm³/mol. The topological polar surface area (TPSA) is 83.7 Å². The van der Waals surface area contributed by atoms with Crippen LogP contribution in [0.2, 0.25) is 0 Å². The van der Waals surface area contributed by atoms with Crippen LogP contribution in [0.3, 0.4) is 0 Å². The molecular weight excluding hydrogens is 371 g/mol. The van der Waals surface area contributed by atoms with E-state index in [0.29, 0.717) is 23.2 Å². The molecule has 1 aliphatic rings. The van der Waals surface area contributed by atoms with Crippen LogP contribution in [0.15, 0.2) is 40.9 Å². The van der Waals surface area contributed by atoms with Gasteiger partial charge in [-0.2, -0.15) is 0 Å². The lowest BCUT2D eigenvalue weighted by atomic mass is 10.0. The van der Waals surface area contributed by atoms with Gasteiger partial charge in [-0.1, -0.05) is 12.1 Å². The fourth-order valence-corrected chi connectivity index (χ4v) is 3.15. The first-order chi connectivity index (χ1) is 10.9. The van der Waals surface area contributed by atoms with Gasteiger partial charge in [0.2, 0.25) is 0 Å². The minimum absolute atomic E-state index is 0.0695. The van der Waals surface area contributed by atoms with Crippen molar-refractivity contribution >= 4 is 33.4 Å². The first-order valence-electron chi connectivity index (χ1n) is 6.63. The Bertz CT molecular complexity index is 810. The molecular formula is C15H10BrFN2O4. The quantitative estimate of drug-likeness (QED) is 0.622. The Morgan fingerprint density at radius 2 is 2.00 bits per heavy atom. The van der Waals surface area contributed by atoms with Gasteiger partial charge in [-0.25, -0.2) is 9.18 Å². The lowest BCUT2D eigenvalue weighted by Crippen LogP contribution is -2.30. The molecule has 118 valence electrons. The monoisotopic (exact) mass is 380 g/mol. The Labute approximate surface area is 138 Å². The second-order valence-electron chi connectivity index (χ2n) is 5.12. The van der Waals surface area contributed by atoms with Crippen LogP contribution in [-0.4, -0.2) is 16.1 Å². The van der Waals surface area contributed by atoms with Crippen molar-refractivity contribution in [3.63, 3.8) is 0 Å². The maximum Gasteiger partial charge on any atom is 0.412 e. The maximum absolute atomic E-state index is 13.7. The van der Waals surface area contributed by atoms with E-state index < -0.39 is 22.9 Å². The highest BCUT2D eigenvalue weighted by atomic mass is 79.9. The number of fused-ring (bicyclic) bond motifs is 1. The molecule has 1 N–H and O–H groups in total. The molecule has 0 bridgehead atoms. The highest BCUT2D eigenvalue weighted by Crippen LogP contribution is 2.42. The molecule has 1 aliphatic heterocycles. The second kappa shape index (κ2) is 5.62. The number of nitro groups is 1. The molecule has 0 fully saturated rings. The summed E-state index contributed by atoms with van der Waals surface area (Å²) in [6, 6.07) is 7.90. The van der Waals surface area contributed by atoms with Crippen LogP contribution in [-0.2, 0) is 6.42 Å².